The maximum atomic E-state index is 13.9. The predicted molar refractivity (Wildman–Crippen MR) is 95.8 cm³/mol. The number of hydrogen-bond donors (Lipinski definition) is 1. The number of carbonyl (C=O) groups is 2. The van der Waals surface area contributed by atoms with Crippen molar-refractivity contribution < 1.29 is 27.8 Å². The average molecular weight is 380 g/mol. The molecule has 0 aliphatic carbocycles. The standard InChI is InChI=1S/C19H22F2N2O4/c1-18(2,3)27-17(25)23-12-19(20,21)10-8-16(24)26-15-9-11-22-14-7-5-4-6-13(14)15/h4-7,9,11H,8,10,12H2,1-3H3,(H,23,25). The third-order valence-corrected chi connectivity index (χ3v) is 3.42. The van der Waals surface area contributed by atoms with Crippen LogP contribution in [0.1, 0.15) is 33.6 Å². The van der Waals surface area contributed by atoms with Crippen LogP contribution in [-0.4, -0.2) is 35.1 Å². The number of pyridine rings is 1. The average Bonchev–Trinajstić information content (AvgIpc) is 2.57. The number of ether oxygens (including phenoxy) is 2. The van der Waals surface area contributed by atoms with Gasteiger partial charge >= 0.3 is 12.1 Å². The number of aromatic nitrogens is 1. The minimum Gasteiger partial charge on any atom is -0.444 e. The van der Waals surface area contributed by atoms with E-state index in [4.69, 9.17) is 9.47 Å². The number of para-hydroxylation sites is 1. The van der Waals surface area contributed by atoms with Crippen LogP contribution in [0.25, 0.3) is 10.9 Å². The zero-order valence-electron chi connectivity index (χ0n) is 15.4. The minimum absolute atomic E-state index is 0.265. The van der Waals surface area contributed by atoms with Gasteiger partial charge in [0.2, 0.25) is 0 Å². The molecule has 0 spiro atoms. The molecule has 27 heavy (non-hydrogen) atoms. The number of rotatable bonds is 6. The van der Waals surface area contributed by atoms with E-state index < -0.39 is 43.0 Å². The molecule has 1 aromatic heterocycles. The molecule has 0 atom stereocenters. The van der Waals surface area contributed by atoms with Gasteiger partial charge < -0.3 is 14.8 Å². The van der Waals surface area contributed by atoms with Crippen LogP contribution in [0, 0.1) is 0 Å². The lowest BCUT2D eigenvalue weighted by Crippen LogP contribution is -2.40. The molecule has 146 valence electrons. The number of benzene rings is 1. The highest BCUT2D eigenvalue weighted by molar-refractivity contribution is 5.87. The zero-order valence-corrected chi connectivity index (χ0v) is 15.4. The van der Waals surface area contributed by atoms with E-state index >= 15 is 0 Å². The van der Waals surface area contributed by atoms with E-state index in [-0.39, 0.29) is 5.75 Å². The number of alkyl halides is 2. The molecule has 0 aliphatic heterocycles. The molecular weight excluding hydrogens is 358 g/mol. The number of esters is 1. The maximum absolute atomic E-state index is 13.9. The third kappa shape index (κ3) is 6.80. The Hall–Kier alpha value is -2.77. The van der Waals surface area contributed by atoms with E-state index in [2.05, 4.69) is 4.98 Å². The van der Waals surface area contributed by atoms with Gasteiger partial charge in [-0.2, -0.15) is 0 Å². The van der Waals surface area contributed by atoms with Gasteiger partial charge in [0.05, 0.1) is 18.5 Å². The summed E-state index contributed by atoms with van der Waals surface area (Å²) < 4.78 is 37.8. The van der Waals surface area contributed by atoms with Crippen LogP contribution in [0.5, 0.6) is 5.75 Å². The van der Waals surface area contributed by atoms with Crippen LogP contribution in [0.3, 0.4) is 0 Å². The van der Waals surface area contributed by atoms with Crippen molar-refractivity contribution in [3.05, 3.63) is 36.5 Å². The number of nitrogens with one attached hydrogen (secondary N) is 1. The highest BCUT2D eigenvalue weighted by atomic mass is 19.3. The summed E-state index contributed by atoms with van der Waals surface area (Å²) >= 11 is 0. The Bertz CT molecular complexity index is 813. The Balaban J connectivity index is 1.86. The van der Waals surface area contributed by atoms with Gasteiger partial charge in [0, 0.05) is 18.0 Å². The summed E-state index contributed by atoms with van der Waals surface area (Å²) in [6.07, 6.45) is -0.720. The van der Waals surface area contributed by atoms with Gasteiger partial charge in [-0.1, -0.05) is 12.1 Å². The molecule has 0 fully saturated rings. The van der Waals surface area contributed by atoms with E-state index in [0.717, 1.165) is 0 Å². The predicted octanol–water partition coefficient (Wildman–Crippen LogP) is 4.08. The second-order valence-corrected chi connectivity index (χ2v) is 7.01. The Morgan fingerprint density at radius 1 is 1.15 bits per heavy atom. The first-order valence-electron chi connectivity index (χ1n) is 8.45. The molecule has 8 heteroatoms. The number of amides is 1. The van der Waals surface area contributed by atoms with Gasteiger partial charge in [-0.25, -0.2) is 13.6 Å². The molecule has 2 aromatic rings. The lowest BCUT2D eigenvalue weighted by atomic mass is 10.2. The van der Waals surface area contributed by atoms with Crippen molar-refractivity contribution in [1.29, 1.82) is 0 Å². The smallest absolute Gasteiger partial charge is 0.407 e. The van der Waals surface area contributed by atoms with E-state index in [1.807, 2.05) is 5.32 Å². The van der Waals surface area contributed by atoms with Crippen molar-refractivity contribution in [2.45, 2.75) is 45.1 Å². The fraction of sp³-hybridized carbons (Fsp3) is 0.421. The molecule has 1 N–H and O–H groups in total. The summed E-state index contributed by atoms with van der Waals surface area (Å²) in [6.45, 7) is 3.96. The fourth-order valence-electron chi connectivity index (χ4n) is 2.22. The first-order valence-corrected chi connectivity index (χ1v) is 8.45. The quantitative estimate of drug-likeness (QED) is 0.764. The molecule has 0 saturated carbocycles. The van der Waals surface area contributed by atoms with Gasteiger partial charge in [0.1, 0.15) is 11.4 Å². The summed E-state index contributed by atoms with van der Waals surface area (Å²) in [7, 11) is 0. The van der Waals surface area contributed by atoms with Gasteiger partial charge in [0.25, 0.3) is 5.92 Å². The molecule has 6 nitrogen and oxygen atoms in total. The summed E-state index contributed by atoms with van der Waals surface area (Å²) in [5, 5.41) is 2.62. The van der Waals surface area contributed by atoms with Crippen molar-refractivity contribution in [2.24, 2.45) is 0 Å². The molecule has 0 radical (unpaired) electrons. The van der Waals surface area contributed by atoms with E-state index in [0.29, 0.717) is 10.9 Å². The zero-order chi connectivity index (χ0) is 20.1. The Morgan fingerprint density at radius 3 is 2.56 bits per heavy atom. The molecule has 1 heterocycles. The van der Waals surface area contributed by atoms with Crippen LogP contribution in [0.4, 0.5) is 13.6 Å². The lowest BCUT2D eigenvalue weighted by Gasteiger charge is -2.21. The molecule has 0 bridgehead atoms. The van der Waals surface area contributed by atoms with Crippen LogP contribution >= 0.6 is 0 Å². The van der Waals surface area contributed by atoms with Crippen LogP contribution < -0.4 is 10.1 Å². The number of hydrogen-bond acceptors (Lipinski definition) is 5. The van der Waals surface area contributed by atoms with E-state index in [1.54, 1.807) is 45.0 Å². The van der Waals surface area contributed by atoms with E-state index in [9.17, 15) is 18.4 Å². The Labute approximate surface area is 155 Å². The van der Waals surface area contributed by atoms with Gasteiger partial charge in [-0.05, 0) is 39.0 Å². The second kappa shape index (κ2) is 8.28. The van der Waals surface area contributed by atoms with Crippen LogP contribution in [0.15, 0.2) is 36.5 Å². The molecule has 1 aromatic carbocycles. The van der Waals surface area contributed by atoms with Crippen molar-refractivity contribution in [3.8, 4) is 5.75 Å². The van der Waals surface area contributed by atoms with E-state index in [1.165, 1.54) is 12.3 Å². The van der Waals surface area contributed by atoms with Crippen LogP contribution in [-0.2, 0) is 9.53 Å². The highest BCUT2D eigenvalue weighted by Crippen LogP contribution is 2.25. The highest BCUT2D eigenvalue weighted by Gasteiger charge is 2.31. The molecule has 2 rings (SSSR count). The van der Waals surface area contributed by atoms with Crippen molar-refractivity contribution >= 4 is 23.0 Å². The van der Waals surface area contributed by atoms with Crippen LogP contribution in [0.2, 0.25) is 0 Å². The molecule has 0 unspecified atom stereocenters. The van der Waals surface area contributed by atoms with Gasteiger partial charge in [-0.3, -0.25) is 9.78 Å². The number of halogens is 2. The summed E-state index contributed by atoms with van der Waals surface area (Å²) in [4.78, 5) is 27.5. The maximum Gasteiger partial charge on any atom is 0.407 e. The first-order chi connectivity index (χ1) is 12.6. The summed E-state index contributed by atoms with van der Waals surface area (Å²) in [6, 6.07) is 8.53. The first kappa shape index (κ1) is 20.5. The normalized spacial score (nSPS) is 11.9. The largest absolute Gasteiger partial charge is 0.444 e. The lowest BCUT2D eigenvalue weighted by molar-refractivity contribution is -0.136. The Kier molecular flexibility index (Phi) is 6.30. The fourth-order valence-corrected chi connectivity index (χ4v) is 2.22. The SMILES string of the molecule is CC(C)(C)OC(=O)NCC(F)(F)CCC(=O)Oc1ccnc2ccccc12. The second-order valence-electron chi connectivity index (χ2n) is 7.01. The Morgan fingerprint density at radius 2 is 1.85 bits per heavy atom. The van der Waals surface area contributed by atoms with Gasteiger partial charge in [0.15, 0.2) is 0 Å². The summed E-state index contributed by atoms with van der Waals surface area (Å²) in [5.74, 6) is -3.79. The number of fused-ring (bicyclic) bond motifs is 1. The van der Waals surface area contributed by atoms with Crippen molar-refractivity contribution in [1.82, 2.24) is 10.3 Å². The topological polar surface area (TPSA) is 77.5 Å². The molecule has 1 amide bonds. The van der Waals surface area contributed by atoms with Crippen molar-refractivity contribution in [2.75, 3.05) is 6.54 Å². The minimum atomic E-state index is -3.27. The van der Waals surface area contributed by atoms with Crippen molar-refractivity contribution in [3.63, 3.8) is 0 Å². The molecular formula is C19H22F2N2O4. The summed E-state index contributed by atoms with van der Waals surface area (Å²) in [5.41, 5.74) is -0.147. The van der Waals surface area contributed by atoms with Gasteiger partial charge in [-0.15, -0.1) is 0 Å². The number of carbonyl (C=O) groups excluding carboxylic acids is 2. The molecule has 0 aliphatic rings. The monoisotopic (exact) mass is 380 g/mol. The number of alkyl carbamates (subject to hydrolysis) is 1. The third-order valence-electron chi connectivity index (χ3n) is 3.42. The number of nitrogens with zero attached hydrogens (tertiary/aromatic N) is 1. The molecule has 0 saturated heterocycles.